The summed E-state index contributed by atoms with van der Waals surface area (Å²) in [6.45, 7) is 0.242. The molecule has 3 N–H and O–H groups in total. The van der Waals surface area contributed by atoms with Gasteiger partial charge in [0, 0.05) is 38.3 Å². The topological polar surface area (TPSA) is 95.5 Å². The average Bonchev–Trinajstić information content (AvgIpc) is 2.31. The summed E-state index contributed by atoms with van der Waals surface area (Å²) in [6.07, 6.45) is 1.54. The first kappa shape index (κ1) is 17.1. The van der Waals surface area contributed by atoms with Gasteiger partial charge in [-0.15, -0.1) is 0 Å². The van der Waals surface area contributed by atoms with Gasteiger partial charge in [0.2, 0.25) is 0 Å². The molecule has 9 heteroatoms. The Labute approximate surface area is 135 Å². The number of carboxylic acid groups (broad SMARTS) is 1. The highest BCUT2D eigenvalue weighted by atomic mass is 79.9. The van der Waals surface area contributed by atoms with E-state index >= 15 is 0 Å². The van der Waals surface area contributed by atoms with Gasteiger partial charge in [-0.3, -0.25) is 4.21 Å². The lowest BCUT2D eigenvalue weighted by atomic mass is 10.2. The van der Waals surface area contributed by atoms with Crippen molar-refractivity contribution in [1.82, 2.24) is 5.32 Å². The zero-order valence-corrected chi connectivity index (χ0v) is 14.4. The van der Waals surface area contributed by atoms with E-state index in [-0.39, 0.29) is 17.8 Å². The van der Waals surface area contributed by atoms with Crippen LogP contribution >= 0.6 is 31.9 Å². The third-order valence-corrected chi connectivity index (χ3v) is 4.06. The largest absolute Gasteiger partial charge is 0.478 e. The average molecular weight is 428 g/mol. The van der Waals surface area contributed by atoms with E-state index in [1.165, 1.54) is 12.3 Å². The Bertz CT molecular complexity index is 566. The summed E-state index contributed by atoms with van der Waals surface area (Å²) < 4.78 is 11.9. The van der Waals surface area contributed by atoms with E-state index < -0.39 is 22.8 Å². The number of amides is 2. The number of carbonyl (C=O) groups is 2. The molecule has 1 atom stereocenters. The Morgan fingerprint density at radius 3 is 2.55 bits per heavy atom. The van der Waals surface area contributed by atoms with E-state index in [9.17, 15) is 13.8 Å². The molecule has 0 aliphatic carbocycles. The maximum absolute atomic E-state index is 11.7. The predicted molar refractivity (Wildman–Crippen MR) is 84.8 cm³/mol. The Morgan fingerprint density at radius 1 is 1.35 bits per heavy atom. The molecular formula is C11H12Br2N2O4S. The summed E-state index contributed by atoms with van der Waals surface area (Å²) in [5, 5.41) is 14.1. The zero-order chi connectivity index (χ0) is 15.3. The van der Waals surface area contributed by atoms with Gasteiger partial charge >= 0.3 is 12.0 Å². The van der Waals surface area contributed by atoms with Crippen LogP contribution in [0.1, 0.15) is 10.4 Å². The second-order valence-electron chi connectivity index (χ2n) is 3.77. The summed E-state index contributed by atoms with van der Waals surface area (Å²) >= 11 is 6.39. The second kappa shape index (κ2) is 7.75. The third-order valence-electron chi connectivity index (χ3n) is 2.20. The SMILES string of the molecule is CS(=O)CCNC(=O)Nc1c(Br)cc(Br)cc1C(=O)O. The van der Waals surface area contributed by atoms with Gasteiger partial charge in [-0.25, -0.2) is 9.59 Å². The zero-order valence-electron chi connectivity index (χ0n) is 10.4. The Hall–Kier alpha value is -0.930. The maximum atomic E-state index is 11.7. The van der Waals surface area contributed by atoms with Crippen LogP contribution in [0.25, 0.3) is 0 Å². The number of halogens is 2. The fourth-order valence-electron chi connectivity index (χ4n) is 1.34. The minimum Gasteiger partial charge on any atom is -0.478 e. The van der Waals surface area contributed by atoms with Gasteiger partial charge in [0.05, 0.1) is 11.3 Å². The molecule has 1 aromatic rings. The quantitative estimate of drug-likeness (QED) is 0.672. The summed E-state index contributed by atoms with van der Waals surface area (Å²) in [7, 11) is -1.000. The predicted octanol–water partition coefficient (Wildman–Crippen LogP) is 2.41. The van der Waals surface area contributed by atoms with Crippen molar-refractivity contribution in [2.24, 2.45) is 0 Å². The molecule has 2 amide bonds. The van der Waals surface area contributed by atoms with Gasteiger partial charge in [0.15, 0.2) is 0 Å². The van der Waals surface area contributed by atoms with Crippen LogP contribution in [0.3, 0.4) is 0 Å². The number of benzene rings is 1. The second-order valence-corrected chi connectivity index (χ2v) is 7.10. The van der Waals surface area contributed by atoms with Crippen molar-refractivity contribution >= 4 is 60.3 Å². The number of rotatable bonds is 5. The Balaban J connectivity index is 2.83. The first-order chi connectivity index (χ1) is 9.31. The molecule has 0 aliphatic rings. The highest BCUT2D eigenvalue weighted by Gasteiger charge is 2.16. The summed E-state index contributed by atoms with van der Waals surface area (Å²) in [5.74, 6) is -0.822. The molecule has 0 heterocycles. The number of urea groups is 1. The highest BCUT2D eigenvalue weighted by Crippen LogP contribution is 2.30. The normalized spacial score (nSPS) is 11.8. The highest BCUT2D eigenvalue weighted by molar-refractivity contribution is 9.11. The van der Waals surface area contributed by atoms with Crippen LogP contribution < -0.4 is 10.6 Å². The van der Waals surface area contributed by atoms with Gasteiger partial charge in [-0.2, -0.15) is 0 Å². The van der Waals surface area contributed by atoms with Gasteiger partial charge in [0.25, 0.3) is 0 Å². The van der Waals surface area contributed by atoms with Crippen LogP contribution in [-0.4, -0.2) is 39.9 Å². The molecular weight excluding hydrogens is 416 g/mol. The molecule has 1 aromatic carbocycles. The van der Waals surface area contributed by atoms with E-state index in [1.54, 1.807) is 6.07 Å². The lowest BCUT2D eigenvalue weighted by Gasteiger charge is -2.12. The first-order valence-corrected chi connectivity index (χ1v) is 8.69. The number of hydrogen-bond acceptors (Lipinski definition) is 3. The van der Waals surface area contributed by atoms with E-state index in [2.05, 4.69) is 42.5 Å². The molecule has 1 rings (SSSR count). The Morgan fingerprint density at radius 2 is 2.00 bits per heavy atom. The molecule has 0 saturated carbocycles. The molecule has 6 nitrogen and oxygen atoms in total. The van der Waals surface area contributed by atoms with Gasteiger partial charge in [-0.1, -0.05) is 15.9 Å². The third kappa shape index (κ3) is 5.22. The Kier molecular flexibility index (Phi) is 6.63. The number of hydrogen-bond donors (Lipinski definition) is 3. The van der Waals surface area contributed by atoms with Crippen molar-refractivity contribution < 1.29 is 18.9 Å². The maximum Gasteiger partial charge on any atom is 0.337 e. The number of aromatic carboxylic acids is 1. The van der Waals surface area contributed by atoms with Gasteiger partial charge < -0.3 is 15.7 Å². The van der Waals surface area contributed by atoms with E-state index in [4.69, 9.17) is 5.11 Å². The molecule has 0 fully saturated rings. The number of anilines is 1. The molecule has 0 saturated heterocycles. The van der Waals surface area contributed by atoms with Gasteiger partial charge in [0.1, 0.15) is 0 Å². The van der Waals surface area contributed by atoms with Crippen molar-refractivity contribution in [3.8, 4) is 0 Å². The summed E-state index contributed by atoms with van der Waals surface area (Å²) in [5.41, 5.74) is 0.122. The summed E-state index contributed by atoms with van der Waals surface area (Å²) in [6, 6.07) is 2.47. The van der Waals surface area contributed by atoms with E-state index in [0.29, 0.717) is 14.7 Å². The van der Waals surface area contributed by atoms with Crippen LogP contribution in [0.4, 0.5) is 10.5 Å². The van der Waals surface area contributed by atoms with Crippen molar-refractivity contribution in [2.45, 2.75) is 0 Å². The lowest BCUT2D eigenvalue weighted by molar-refractivity contribution is 0.0698. The molecule has 0 spiro atoms. The number of carbonyl (C=O) groups excluding carboxylic acids is 1. The summed E-state index contributed by atoms with van der Waals surface area (Å²) in [4.78, 5) is 22.8. The van der Waals surface area contributed by atoms with E-state index in [1.807, 2.05) is 0 Å². The molecule has 0 bridgehead atoms. The smallest absolute Gasteiger partial charge is 0.337 e. The van der Waals surface area contributed by atoms with Crippen molar-refractivity contribution in [3.05, 3.63) is 26.6 Å². The van der Waals surface area contributed by atoms with Crippen molar-refractivity contribution in [2.75, 3.05) is 23.9 Å². The fourth-order valence-corrected chi connectivity index (χ4v) is 3.05. The lowest BCUT2D eigenvalue weighted by Crippen LogP contribution is -2.32. The van der Waals surface area contributed by atoms with Crippen molar-refractivity contribution in [3.63, 3.8) is 0 Å². The minimum absolute atomic E-state index is 0.0412. The van der Waals surface area contributed by atoms with Crippen molar-refractivity contribution in [1.29, 1.82) is 0 Å². The molecule has 1 unspecified atom stereocenters. The van der Waals surface area contributed by atoms with E-state index in [0.717, 1.165) is 0 Å². The fraction of sp³-hybridized carbons (Fsp3) is 0.273. The number of carboxylic acids is 1. The minimum atomic E-state index is -1.16. The molecule has 20 heavy (non-hydrogen) atoms. The molecule has 0 aliphatic heterocycles. The first-order valence-electron chi connectivity index (χ1n) is 5.38. The van der Waals surface area contributed by atoms with Crippen LogP contribution in [0.15, 0.2) is 21.1 Å². The standard InChI is InChI=1S/C11H12Br2N2O4S/c1-20(19)3-2-14-11(18)15-9-7(10(16)17)4-6(12)5-8(9)13/h4-5H,2-3H2,1H3,(H,16,17)(H2,14,15,18). The van der Waals surface area contributed by atoms with Crippen LogP contribution in [0.2, 0.25) is 0 Å². The monoisotopic (exact) mass is 426 g/mol. The van der Waals surface area contributed by atoms with Crippen LogP contribution in [-0.2, 0) is 10.8 Å². The molecule has 110 valence electrons. The molecule has 0 aromatic heterocycles. The van der Waals surface area contributed by atoms with Crippen LogP contribution in [0, 0.1) is 0 Å². The van der Waals surface area contributed by atoms with Gasteiger partial charge in [-0.05, 0) is 28.1 Å². The van der Waals surface area contributed by atoms with Crippen LogP contribution in [0.5, 0.6) is 0 Å². The number of nitrogens with one attached hydrogen (secondary N) is 2. The molecule has 0 radical (unpaired) electrons.